The second-order valence-electron chi connectivity index (χ2n) is 7.36. The summed E-state index contributed by atoms with van der Waals surface area (Å²) in [6.07, 6.45) is 0. The third kappa shape index (κ3) is 8.76. The summed E-state index contributed by atoms with van der Waals surface area (Å²) in [6.45, 7) is 15.4. The van der Waals surface area contributed by atoms with E-state index in [0.717, 1.165) is 12.1 Å². The van der Waals surface area contributed by atoms with Gasteiger partial charge in [0.1, 0.15) is 0 Å². The van der Waals surface area contributed by atoms with Crippen molar-refractivity contribution in [2.24, 2.45) is 0 Å². The van der Waals surface area contributed by atoms with E-state index in [2.05, 4.69) is 45.8 Å². The van der Waals surface area contributed by atoms with Gasteiger partial charge in [-0.15, -0.1) is 0 Å². The first-order valence-electron chi connectivity index (χ1n) is 7.36. The fourth-order valence-electron chi connectivity index (χ4n) is 2.35. The van der Waals surface area contributed by atoms with Crippen molar-refractivity contribution in [3.8, 4) is 0 Å². The summed E-state index contributed by atoms with van der Waals surface area (Å²) < 4.78 is 29.5. The van der Waals surface area contributed by atoms with Gasteiger partial charge in [-0.2, -0.15) is 0 Å². The van der Waals surface area contributed by atoms with Crippen molar-refractivity contribution in [1.29, 1.82) is 0 Å². The van der Waals surface area contributed by atoms with Gasteiger partial charge in [-0.1, -0.05) is 0 Å². The largest absolute Gasteiger partial charge is 0.500 e. The fraction of sp³-hybridized carbons (Fsp3) is 1.00. The molecule has 0 aliphatic rings. The molecule has 0 amide bonds. The third-order valence-electron chi connectivity index (χ3n) is 2.86. The van der Waals surface area contributed by atoms with Crippen LogP contribution in [0.3, 0.4) is 0 Å². The van der Waals surface area contributed by atoms with Crippen molar-refractivity contribution in [2.45, 2.75) is 57.9 Å². The van der Waals surface area contributed by atoms with Gasteiger partial charge in [0.25, 0.3) is 0 Å². The first-order valence-corrected chi connectivity index (χ1v) is 18.6. The molecule has 5 nitrogen and oxygen atoms in total. The zero-order valence-electron chi connectivity index (χ0n) is 15.5. The standard InChI is InChI=1S/C12H34O5Si4/c1-13-21(14-2,15-3)12-11-20(10,16-18(4,5)6)17-19(7,8)9/h11-12H2,1-10H3. The van der Waals surface area contributed by atoms with Crippen LogP contribution < -0.4 is 0 Å². The maximum atomic E-state index is 6.48. The Balaban J connectivity index is 5.07. The molecule has 0 rings (SSSR count). The van der Waals surface area contributed by atoms with Gasteiger partial charge in [0.2, 0.25) is 0 Å². The van der Waals surface area contributed by atoms with Crippen molar-refractivity contribution in [3.05, 3.63) is 0 Å². The Morgan fingerprint density at radius 1 is 0.571 bits per heavy atom. The van der Waals surface area contributed by atoms with E-state index >= 15 is 0 Å². The molecule has 0 saturated carbocycles. The SMILES string of the molecule is CO[Si](CC[Si](C)(O[Si](C)(C)C)O[Si](C)(C)C)(OC)OC. The molecule has 9 heteroatoms. The Kier molecular flexibility index (Phi) is 8.23. The van der Waals surface area contributed by atoms with Gasteiger partial charge < -0.3 is 21.5 Å². The van der Waals surface area contributed by atoms with E-state index in [4.69, 9.17) is 21.5 Å². The van der Waals surface area contributed by atoms with Crippen LogP contribution in [0.2, 0.25) is 57.9 Å². The monoisotopic (exact) mass is 370 g/mol. The molecule has 0 heterocycles. The summed E-state index contributed by atoms with van der Waals surface area (Å²) in [5.74, 6) is 0. The first kappa shape index (κ1) is 21.7. The lowest BCUT2D eigenvalue weighted by molar-refractivity contribution is 0.124. The maximum Gasteiger partial charge on any atom is 0.500 e. The molecule has 128 valence electrons. The quantitative estimate of drug-likeness (QED) is 0.549. The maximum absolute atomic E-state index is 6.48. The molecule has 0 aliphatic carbocycles. The van der Waals surface area contributed by atoms with Crippen LogP contribution in [0.15, 0.2) is 0 Å². The van der Waals surface area contributed by atoms with Gasteiger partial charge >= 0.3 is 17.4 Å². The lowest BCUT2D eigenvalue weighted by Crippen LogP contribution is -2.54. The van der Waals surface area contributed by atoms with Crippen LogP contribution in [-0.2, 0) is 21.5 Å². The molecule has 0 radical (unpaired) electrons. The highest BCUT2D eigenvalue weighted by Gasteiger charge is 2.46. The zero-order chi connectivity index (χ0) is 16.9. The molecule has 0 bridgehead atoms. The summed E-state index contributed by atoms with van der Waals surface area (Å²) in [4.78, 5) is 0. The van der Waals surface area contributed by atoms with Crippen LogP contribution in [0.5, 0.6) is 0 Å². The van der Waals surface area contributed by atoms with Gasteiger partial charge in [-0.25, -0.2) is 0 Å². The van der Waals surface area contributed by atoms with Crippen LogP contribution in [0.25, 0.3) is 0 Å². The molecular weight excluding hydrogens is 336 g/mol. The Labute approximate surface area is 135 Å². The highest BCUT2D eigenvalue weighted by Crippen LogP contribution is 2.29. The van der Waals surface area contributed by atoms with Gasteiger partial charge in [0.15, 0.2) is 16.6 Å². The average molecular weight is 371 g/mol. The second-order valence-corrected chi connectivity index (χ2v) is 23.3. The van der Waals surface area contributed by atoms with Gasteiger partial charge in [-0.05, 0) is 51.9 Å². The van der Waals surface area contributed by atoms with E-state index < -0.39 is 34.0 Å². The Hall–Kier alpha value is 0.668. The molecule has 0 fully saturated rings. The lowest BCUT2D eigenvalue weighted by Gasteiger charge is -2.39. The summed E-state index contributed by atoms with van der Waals surface area (Å²) in [5, 5.41) is 0. The van der Waals surface area contributed by atoms with Crippen LogP contribution in [-0.4, -0.2) is 55.3 Å². The van der Waals surface area contributed by atoms with Crippen LogP contribution >= 0.6 is 0 Å². The summed E-state index contributed by atoms with van der Waals surface area (Å²) in [5.41, 5.74) is 0. The predicted octanol–water partition coefficient (Wildman–Crippen LogP) is 3.64. The minimum absolute atomic E-state index is 0.730. The van der Waals surface area contributed by atoms with E-state index in [1.54, 1.807) is 21.3 Å². The normalized spacial score (nSPS) is 14.6. The van der Waals surface area contributed by atoms with Crippen molar-refractivity contribution in [3.63, 3.8) is 0 Å². The molecular formula is C12H34O5Si4. The number of rotatable bonds is 10. The minimum atomic E-state index is -2.57. The number of hydrogen-bond donors (Lipinski definition) is 0. The fourth-order valence-corrected chi connectivity index (χ4v) is 18.2. The molecule has 0 atom stereocenters. The highest BCUT2D eigenvalue weighted by atomic mass is 28.5. The molecule has 0 spiro atoms. The molecule has 0 aromatic carbocycles. The zero-order valence-corrected chi connectivity index (χ0v) is 19.5. The van der Waals surface area contributed by atoms with E-state index in [0.29, 0.717) is 0 Å². The second kappa shape index (κ2) is 7.97. The summed E-state index contributed by atoms with van der Waals surface area (Å²) in [7, 11) is -3.22. The molecule has 0 aromatic rings. The Bertz CT molecular complexity index is 285. The third-order valence-corrected chi connectivity index (χ3v) is 15.6. The Morgan fingerprint density at radius 2 is 0.905 bits per heavy atom. The average Bonchev–Trinajstić information content (AvgIpc) is 2.26. The van der Waals surface area contributed by atoms with Gasteiger partial charge in [-0.3, -0.25) is 0 Å². The van der Waals surface area contributed by atoms with Gasteiger partial charge in [0, 0.05) is 27.4 Å². The molecule has 0 aliphatic heterocycles. The van der Waals surface area contributed by atoms with E-state index in [-0.39, 0.29) is 0 Å². The topological polar surface area (TPSA) is 46.2 Å². The van der Waals surface area contributed by atoms with Crippen LogP contribution in [0.1, 0.15) is 0 Å². The van der Waals surface area contributed by atoms with E-state index in [9.17, 15) is 0 Å². The van der Waals surface area contributed by atoms with Crippen LogP contribution in [0, 0.1) is 0 Å². The van der Waals surface area contributed by atoms with Crippen molar-refractivity contribution in [2.75, 3.05) is 21.3 Å². The van der Waals surface area contributed by atoms with Gasteiger partial charge in [0.05, 0.1) is 0 Å². The van der Waals surface area contributed by atoms with Crippen LogP contribution in [0.4, 0.5) is 0 Å². The van der Waals surface area contributed by atoms with E-state index in [1.165, 1.54) is 0 Å². The molecule has 0 saturated heterocycles. The smallest absolute Gasteiger partial charge is 0.437 e. The lowest BCUT2D eigenvalue weighted by atomic mass is 10.9. The van der Waals surface area contributed by atoms with Crippen molar-refractivity contribution < 1.29 is 21.5 Å². The summed E-state index contributed by atoms with van der Waals surface area (Å²) >= 11 is 0. The van der Waals surface area contributed by atoms with Crippen molar-refractivity contribution >= 4 is 34.0 Å². The highest BCUT2D eigenvalue weighted by molar-refractivity contribution is 6.88. The predicted molar refractivity (Wildman–Crippen MR) is 96.9 cm³/mol. The molecule has 21 heavy (non-hydrogen) atoms. The van der Waals surface area contributed by atoms with E-state index in [1.807, 2.05) is 0 Å². The summed E-state index contributed by atoms with van der Waals surface area (Å²) in [6, 6.07) is 1.57. The van der Waals surface area contributed by atoms with Crippen molar-refractivity contribution in [1.82, 2.24) is 0 Å². The molecule has 0 N–H and O–H groups in total. The first-order chi connectivity index (χ1) is 9.30. The number of hydrogen-bond acceptors (Lipinski definition) is 5. The molecule has 0 unspecified atom stereocenters. The molecule has 0 aromatic heterocycles. The Morgan fingerprint density at radius 3 is 1.14 bits per heavy atom. The minimum Gasteiger partial charge on any atom is -0.437 e.